The molecular formula is C20H20Cl2N4O3. The van der Waals surface area contributed by atoms with Crippen LogP contribution >= 0.6 is 23.2 Å². The van der Waals surface area contributed by atoms with E-state index in [0.29, 0.717) is 34.6 Å². The molecule has 0 aliphatic carbocycles. The van der Waals surface area contributed by atoms with E-state index < -0.39 is 0 Å². The summed E-state index contributed by atoms with van der Waals surface area (Å²) < 4.78 is 12.6. The van der Waals surface area contributed by atoms with Crippen molar-refractivity contribution in [2.75, 3.05) is 26.2 Å². The molecule has 152 valence electrons. The number of hydrogen-bond acceptors (Lipinski definition) is 5. The second-order valence-electron chi connectivity index (χ2n) is 6.71. The normalized spacial score (nSPS) is 14.9. The van der Waals surface area contributed by atoms with Crippen LogP contribution in [-0.2, 0) is 13.3 Å². The molecule has 1 aliphatic heterocycles. The van der Waals surface area contributed by atoms with Gasteiger partial charge in [-0.1, -0.05) is 29.3 Å². The van der Waals surface area contributed by atoms with E-state index in [1.807, 2.05) is 17.0 Å². The number of furan rings is 1. The second-order valence-corrected chi connectivity index (χ2v) is 7.50. The van der Waals surface area contributed by atoms with Crippen LogP contribution in [0.4, 0.5) is 0 Å². The van der Waals surface area contributed by atoms with E-state index in [4.69, 9.17) is 32.4 Å². The number of ether oxygens (including phenoxy) is 1. The fraction of sp³-hybridized carbons (Fsp3) is 0.300. The van der Waals surface area contributed by atoms with Gasteiger partial charge < -0.3 is 14.1 Å². The Balaban J connectivity index is 1.30. The van der Waals surface area contributed by atoms with Crippen LogP contribution < -0.4 is 4.74 Å². The van der Waals surface area contributed by atoms with Crippen LogP contribution in [0.5, 0.6) is 5.75 Å². The van der Waals surface area contributed by atoms with Crippen molar-refractivity contribution in [3.8, 4) is 5.75 Å². The molecule has 1 saturated heterocycles. The van der Waals surface area contributed by atoms with Crippen molar-refractivity contribution in [1.82, 2.24) is 19.6 Å². The van der Waals surface area contributed by atoms with Crippen LogP contribution in [0.3, 0.4) is 0 Å². The minimum absolute atomic E-state index is 0.0813. The van der Waals surface area contributed by atoms with Gasteiger partial charge in [-0.05, 0) is 30.3 Å². The highest BCUT2D eigenvalue weighted by Gasteiger charge is 2.24. The van der Waals surface area contributed by atoms with Crippen LogP contribution in [0.1, 0.15) is 16.2 Å². The first kappa shape index (κ1) is 19.8. The van der Waals surface area contributed by atoms with E-state index in [1.165, 1.54) is 0 Å². The minimum atomic E-state index is -0.0813. The van der Waals surface area contributed by atoms with Crippen molar-refractivity contribution in [2.45, 2.75) is 13.3 Å². The zero-order chi connectivity index (χ0) is 20.2. The third kappa shape index (κ3) is 4.75. The molecular weight excluding hydrogens is 415 g/mol. The smallest absolute Gasteiger partial charge is 0.274 e. The van der Waals surface area contributed by atoms with Gasteiger partial charge in [-0.2, -0.15) is 5.10 Å². The topological polar surface area (TPSA) is 63.7 Å². The molecule has 1 fully saturated rings. The summed E-state index contributed by atoms with van der Waals surface area (Å²) in [6.45, 7) is 3.78. The Bertz CT molecular complexity index is 966. The Morgan fingerprint density at radius 2 is 1.93 bits per heavy atom. The molecule has 0 atom stereocenters. The van der Waals surface area contributed by atoms with Gasteiger partial charge in [0.15, 0.2) is 12.4 Å². The molecule has 1 aliphatic rings. The van der Waals surface area contributed by atoms with Gasteiger partial charge >= 0.3 is 0 Å². The molecule has 3 heterocycles. The van der Waals surface area contributed by atoms with E-state index in [0.717, 1.165) is 25.4 Å². The van der Waals surface area contributed by atoms with Gasteiger partial charge in [0.1, 0.15) is 16.5 Å². The van der Waals surface area contributed by atoms with Gasteiger partial charge in [0.05, 0.1) is 17.8 Å². The van der Waals surface area contributed by atoms with Gasteiger partial charge in [0.2, 0.25) is 0 Å². The number of halogens is 2. The Morgan fingerprint density at radius 1 is 1.10 bits per heavy atom. The van der Waals surface area contributed by atoms with Crippen molar-refractivity contribution >= 4 is 29.1 Å². The summed E-state index contributed by atoms with van der Waals surface area (Å²) in [6, 6.07) is 10.7. The highest BCUT2D eigenvalue weighted by Crippen LogP contribution is 2.31. The second kappa shape index (κ2) is 8.90. The van der Waals surface area contributed by atoms with Gasteiger partial charge in [-0.15, -0.1) is 0 Å². The summed E-state index contributed by atoms with van der Waals surface area (Å²) in [5, 5.41) is 5.10. The lowest BCUT2D eigenvalue weighted by molar-refractivity contribution is 0.0613. The number of rotatable bonds is 6. The average Bonchev–Trinajstić information content (AvgIpc) is 3.41. The zero-order valence-electron chi connectivity index (χ0n) is 15.6. The molecule has 1 aromatic carbocycles. The lowest BCUT2D eigenvalue weighted by atomic mass is 10.2. The van der Waals surface area contributed by atoms with Crippen LogP contribution in [0, 0.1) is 0 Å². The number of benzene rings is 1. The van der Waals surface area contributed by atoms with Gasteiger partial charge in [-0.3, -0.25) is 9.69 Å². The molecule has 9 heteroatoms. The molecule has 0 radical (unpaired) electrons. The molecule has 0 saturated carbocycles. The summed E-state index contributed by atoms with van der Waals surface area (Å²) in [5.74, 6) is 1.32. The fourth-order valence-corrected chi connectivity index (χ4v) is 3.52. The molecule has 3 aromatic rings. The lowest BCUT2D eigenvalue weighted by Gasteiger charge is -2.33. The Kier molecular flexibility index (Phi) is 6.08. The van der Waals surface area contributed by atoms with E-state index in [-0.39, 0.29) is 12.6 Å². The summed E-state index contributed by atoms with van der Waals surface area (Å²) in [6.07, 6.45) is 3.38. The van der Waals surface area contributed by atoms with Crippen molar-refractivity contribution < 1.29 is 13.9 Å². The molecule has 0 unspecified atom stereocenters. The summed E-state index contributed by atoms with van der Waals surface area (Å²) >= 11 is 12.1. The van der Waals surface area contributed by atoms with Crippen molar-refractivity contribution in [3.05, 3.63) is 70.4 Å². The molecule has 1 amide bonds. The number of amides is 1. The number of nitrogens with zero attached hydrogens (tertiary/aromatic N) is 4. The molecule has 0 spiro atoms. The Morgan fingerprint density at radius 3 is 2.69 bits per heavy atom. The average molecular weight is 435 g/mol. The highest BCUT2D eigenvalue weighted by atomic mass is 35.5. The van der Waals surface area contributed by atoms with E-state index in [9.17, 15) is 4.79 Å². The first-order valence-corrected chi connectivity index (χ1v) is 10.00. The first-order chi connectivity index (χ1) is 14.1. The van der Waals surface area contributed by atoms with Gasteiger partial charge in [0.25, 0.3) is 5.91 Å². The van der Waals surface area contributed by atoms with Crippen molar-refractivity contribution in [3.63, 3.8) is 0 Å². The number of hydrogen-bond donors (Lipinski definition) is 0. The van der Waals surface area contributed by atoms with Gasteiger partial charge in [-0.25, -0.2) is 4.68 Å². The number of carbonyl (C=O) groups excluding carboxylic acids is 1. The minimum Gasteiger partial charge on any atom is -0.470 e. The predicted octanol–water partition coefficient (Wildman–Crippen LogP) is 3.78. The van der Waals surface area contributed by atoms with Crippen LogP contribution in [0.25, 0.3) is 0 Å². The summed E-state index contributed by atoms with van der Waals surface area (Å²) in [4.78, 5) is 16.8. The lowest BCUT2D eigenvalue weighted by Crippen LogP contribution is -2.48. The molecule has 4 rings (SSSR count). The molecule has 0 N–H and O–H groups in total. The Hall–Kier alpha value is -2.48. The largest absolute Gasteiger partial charge is 0.470 e. The monoisotopic (exact) mass is 434 g/mol. The third-order valence-electron chi connectivity index (χ3n) is 4.75. The van der Waals surface area contributed by atoms with Crippen LogP contribution in [0.15, 0.2) is 53.3 Å². The SMILES string of the molecule is O=C(c1ccn(COc2cccc(Cl)c2Cl)n1)N1CCN(Cc2ccco2)CC1. The molecule has 7 nitrogen and oxygen atoms in total. The predicted molar refractivity (Wildman–Crippen MR) is 109 cm³/mol. The summed E-state index contributed by atoms with van der Waals surface area (Å²) in [5.41, 5.74) is 0.394. The molecule has 29 heavy (non-hydrogen) atoms. The van der Waals surface area contributed by atoms with Gasteiger partial charge in [0, 0.05) is 32.4 Å². The number of piperazine rings is 1. The quantitative estimate of drug-likeness (QED) is 0.590. The Labute approximate surface area is 178 Å². The zero-order valence-corrected chi connectivity index (χ0v) is 17.1. The van der Waals surface area contributed by atoms with E-state index in [2.05, 4.69) is 10.00 Å². The standard InChI is InChI=1S/C20H20Cl2N4O3/c21-16-4-1-5-18(19(16)22)29-14-26-7-6-17(23-26)20(27)25-10-8-24(9-11-25)13-15-3-2-12-28-15/h1-7,12H,8-11,13-14H2. The van der Waals surface area contributed by atoms with E-state index >= 15 is 0 Å². The summed E-state index contributed by atoms with van der Waals surface area (Å²) in [7, 11) is 0. The third-order valence-corrected chi connectivity index (χ3v) is 5.55. The molecule has 0 bridgehead atoms. The fourth-order valence-electron chi connectivity index (χ4n) is 3.17. The highest BCUT2D eigenvalue weighted by molar-refractivity contribution is 6.42. The van der Waals surface area contributed by atoms with Crippen LogP contribution in [0.2, 0.25) is 10.0 Å². The first-order valence-electron chi connectivity index (χ1n) is 9.24. The van der Waals surface area contributed by atoms with E-state index in [1.54, 1.807) is 41.4 Å². The van der Waals surface area contributed by atoms with Crippen molar-refractivity contribution in [2.24, 2.45) is 0 Å². The molecule has 2 aromatic heterocycles. The number of aromatic nitrogens is 2. The maximum atomic E-state index is 12.7. The number of carbonyl (C=O) groups is 1. The van der Waals surface area contributed by atoms with Crippen LogP contribution in [-0.4, -0.2) is 51.7 Å². The maximum absolute atomic E-state index is 12.7. The van der Waals surface area contributed by atoms with Crippen molar-refractivity contribution in [1.29, 1.82) is 0 Å². The maximum Gasteiger partial charge on any atom is 0.274 e.